The number of carbonyl (C=O) groups excluding carboxylic acids is 1. The van der Waals surface area contributed by atoms with Crippen molar-refractivity contribution in [2.45, 2.75) is 31.6 Å². The molecule has 1 spiro atoms. The lowest BCUT2D eigenvalue weighted by atomic mass is 9.58. The standard InChI is InChI=1S/C24H27NO3/c26-15-17-14-25(13-12-24(17)10-5-11-24)23(27)28-16-22-20-8-3-1-6-18(20)19-7-2-4-9-21(19)22/h1-4,6-9,17,22,26H,5,10-16H2. The van der Waals surface area contributed by atoms with Gasteiger partial charge in [-0.15, -0.1) is 0 Å². The highest BCUT2D eigenvalue weighted by Crippen LogP contribution is 2.52. The second-order valence-electron chi connectivity index (χ2n) is 8.60. The van der Waals surface area contributed by atoms with Gasteiger partial charge in [-0.25, -0.2) is 4.79 Å². The molecule has 1 amide bonds. The van der Waals surface area contributed by atoms with Crippen molar-refractivity contribution in [3.05, 3.63) is 59.7 Å². The van der Waals surface area contributed by atoms with Gasteiger partial charge in [-0.1, -0.05) is 55.0 Å². The molecule has 2 aliphatic carbocycles. The summed E-state index contributed by atoms with van der Waals surface area (Å²) >= 11 is 0. The van der Waals surface area contributed by atoms with Gasteiger partial charge < -0.3 is 14.7 Å². The van der Waals surface area contributed by atoms with Gasteiger partial charge in [-0.05, 0) is 46.9 Å². The van der Waals surface area contributed by atoms with Gasteiger partial charge in [-0.3, -0.25) is 0 Å². The fraction of sp³-hybridized carbons (Fsp3) is 0.458. The van der Waals surface area contributed by atoms with Gasteiger partial charge >= 0.3 is 6.09 Å². The van der Waals surface area contributed by atoms with Crippen LogP contribution in [-0.4, -0.2) is 42.4 Å². The van der Waals surface area contributed by atoms with Crippen LogP contribution >= 0.6 is 0 Å². The normalized spacial score (nSPS) is 22.5. The highest BCUT2D eigenvalue weighted by Gasteiger charge is 2.47. The Morgan fingerprint density at radius 1 is 1.04 bits per heavy atom. The van der Waals surface area contributed by atoms with Crippen molar-refractivity contribution in [1.29, 1.82) is 0 Å². The van der Waals surface area contributed by atoms with Gasteiger partial charge in [0, 0.05) is 31.5 Å². The van der Waals surface area contributed by atoms with Gasteiger partial charge in [0.05, 0.1) is 0 Å². The van der Waals surface area contributed by atoms with E-state index in [4.69, 9.17) is 4.74 Å². The number of fused-ring (bicyclic) bond motifs is 3. The van der Waals surface area contributed by atoms with E-state index in [0.717, 1.165) is 13.0 Å². The molecule has 0 aromatic heterocycles. The van der Waals surface area contributed by atoms with Crippen molar-refractivity contribution in [2.24, 2.45) is 11.3 Å². The zero-order valence-corrected chi connectivity index (χ0v) is 16.1. The maximum atomic E-state index is 12.8. The number of hydrogen-bond donors (Lipinski definition) is 1. The van der Waals surface area contributed by atoms with Crippen LogP contribution in [0, 0.1) is 11.3 Å². The van der Waals surface area contributed by atoms with E-state index in [1.807, 2.05) is 12.1 Å². The number of carbonyl (C=O) groups is 1. The minimum absolute atomic E-state index is 0.0905. The molecule has 4 nitrogen and oxygen atoms in total. The highest BCUT2D eigenvalue weighted by atomic mass is 16.6. The molecule has 2 aromatic rings. The lowest BCUT2D eigenvalue weighted by Crippen LogP contribution is -2.53. The monoisotopic (exact) mass is 377 g/mol. The molecular formula is C24H27NO3. The van der Waals surface area contributed by atoms with Crippen molar-refractivity contribution >= 4 is 6.09 Å². The van der Waals surface area contributed by atoms with E-state index in [1.165, 1.54) is 41.5 Å². The van der Waals surface area contributed by atoms with E-state index < -0.39 is 0 Å². The van der Waals surface area contributed by atoms with Crippen LogP contribution in [0.1, 0.15) is 42.7 Å². The molecule has 1 heterocycles. The largest absolute Gasteiger partial charge is 0.448 e. The SMILES string of the molecule is O=C(OCC1c2ccccc2-c2ccccc21)N1CCC2(CCC2)C(CO)C1. The van der Waals surface area contributed by atoms with E-state index >= 15 is 0 Å². The number of hydrogen-bond acceptors (Lipinski definition) is 3. The summed E-state index contributed by atoms with van der Waals surface area (Å²) in [7, 11) is 0. The van der Waals surface area contributed by atoms with Crippen LogP contribution in [0.25, 0.3) is 11.1 Å². The van der Waals surface area contributed by atoms with Crippen LogP contribution in [0.4, 0.5) is 4.79 Å². The molecule has 0 radical (unpaired) electrons. The summed E-state index contributed by atoms with van der Waals surface area (Å²) < 4.78 is 5.80. The average Bonchev–Trinajstić information content (AvgIpc) is 3.04. The summed E-state index contributed by atoms with van der Waals surface area (Å²) in [6.45, 7) is 1.88. The summed E-state index contributed by atoms with van der Waals surface area (Å²) in [5.74, 6) is 0.281. The number of amides is 1. The topological polar surface area (TPSA) is 49.8 Å². The Morgan fingerprint density at radius 2 is 1.68 bits per heavy atom. The molecule has 28 heavy (non-hydrogen) atoms. The van der Waals surface area contributed by atoms with Crippen molar-refractivity contribution in [2.75, 3.05) is 26.3 Å². The molecule has 146 valence electrons. The first-order valence-electron chi connectivity index (χ1n) is 10.4. The number of rotatable bonds is 3. The van der Waals surface area contributed by atoms with E-state index in [-0.39, 0.29) is 30.0 Å². The first kappa shape index (κ1) is 17.7. The number of aliphatic hydroxyl groups is 1. The lowest BCUT2D eigenvalue weighted by Gasteiger charge is -2.52. The number of nitrogens with zero attached hydrogens (tertiary/aromatic N) is 1. The Balaban J connectivity index is 1.28. The minimum atomic E-state index is -0.241. The van der Waals surface area contributed by atoms with Crippen molar-refractivity contribution in [1.82, 2.24) is 4.90 Å². The predicted molar refractivity (Wildman–Crippen MR) is 108 cm³/mol. The van der Waals surface area contributed by atoms with Crippen LogP contribution in [0.5, 0.6) is 0 Å². The second-order valence-corrected chi connectivity index (χ2v) is 8.60. The highest BCUT2D eigenvalue weighted by molar-refractivity contribution is 5.79. The van der Waals surface area contributed by atoms with Crippen molar-refractivity contribution < 1.29 is 14.6 Å². The van der Waals surface area contributed by atoms with E-state index in [2.05, 4.69) is 36.4 Å². The molecule has 4 heteroatoms. The van der Waals surface area contributed by atoms with Gasteiger partial charge in [0.25, 0.3) is 0 Å². The average molecular weight is 377 g/mol. The van der Waals surface area contributed by atoms with Crippen LogP contribution in [0.15, 0.2) is 48.5 Å². The maximum absolute atomic E-state index is 12.8. The Labute approximate surface area is 166 Å². The van der Waals surface area contributed by atoms with Crippen LogP contribution in [0.2, 0.25) is 0 Å². The molecule has 1 saturated heterocycles. The summed E-state index contributed by atoms with van der Waals surface area (Å²) in [5, 5.41) is 9.83. The second kappa shape index (κ2) is 6.93. The van der Waals surface area contributed by atoms with Gasteiger partial charge in [0.1, 0.15) is 6.61 Å². The van der Waals surface area contributed by atoms with E-state index in [0.29, 0.717) is 13.2 Å². The molecule has 1 unspecified atom stereocenters. The van der Waals surface area contributed by atoms with Crippen LogP contribution in [0.3, 0.4) is 0 Å². The number of aliphatic hydroxyl groups excluding tert-OH is 1. The summed E-state index contributed by atoms with van der Waals surface area (Å²) in [4.78, 5) is 14.6. The fourth-order valence-corrected chi connectivity index (χ4v) is 5.50. The minimum Gasteiger partial charge on any atom is -0.448 e. The van der Waals surface area contributed by atoms with Crippen LogP contribution in [-0.2, 0) is 4.74 Å². The Morgan fingerprint density at radius 3 is 2.25 bits per heavy atom. The van der Waals surface area contributed by atoms with Gasteiger partial charge in [-0.2, -0.15) is 0 Å². The predicted octanol–water partition coefficient (Wildman–Crippen LogP) is 4.42. The first-order valence-corrected chi connectivity index (χ1v) is 10.4. The summed E-state index contributed by atoms with van der Waals surface area (Å²) in [6, 6.07) is 16.8. The zero-order valence-electron chi connectivity index (χ0n) is 16.1. The molecule has 0 bridgehead atoms. The van der Waals surface area contributed by atoms with E-state index in [9.17, 15) is 9.90 Å². The molecule has 2 fully saturated rings. The third-order valence-electron chi connectivity index (χ3n) is 7.35. The number of benzene rings is 2. The van der Waals surface area contributed by atoms with Crippen molar-refractivity contribution in [3.8, 4) is 11.1 Å². The smallest absolute Gasteiger partial charge is 0.409 e. The quantitative estimate of drug-likeness (QED) is 0.861. The number of ether oxygens (including phenoxy) is 1. The maximum Gasteiger partial charge on any atom is 0.409 e. The molecule has 1 N–H and O–H groups in total. The molecule has 3 aliphatic rings. The fourth-order valence-electron chi connectivity index (χ4n) is 5.50. The lowest BCUT2D eigenvalue weighted by molar-refractivity contribution is -0.0500. The van der Waals surface area contributed by atoms with Gasteiger partial charge in [0.2, 0.25) is 0 Å². The molecule has 1 saturated carbocycles. The van der Waals surface area contributed by atoms with Crippen LogP contribution < -0.4 is 0 Å². The molecule has 2 aromatic carbocycles. The Bertz CT molecular complexity index is 843. The van der Waals surface area contributed by atoms with Crippen molar-refractivity contribution in [3.63, 3.8) is 0 Å². The Hall–Kier alpha value is -2.33. The van der Waals surface area contributed by atoms with Gasteiger partial charge in [0.15, 0.2) is 0 Å². The zero-order chi connectivity index (χ0) is 19.1. The number of piperidine rings is 1. The number of likely N-dealkylation sites (tertiary alicyclic amines) is 1. The summed E-state index contributed by atoms with van der Waals surface area (Å²) in [5.41, 5.74) is 5.22. The summed E-state index contributed by atoms with van der Waals surface area (Å²) in [6.07, 6.45) is 4.38. The molecule has 5 rings (SSSR count). The third-order valence-corrected chi connectivity index (χ3v) is 7.35. The third kappa shape index (κ3) is 2.74. The molecular weight excluding hydrogens is 350 g/mol. The molecule has 1 atom stereocenters. The van der Waals surface area contributed by atoms with E-state index in [1.54, 1.807) is 4.90 Å². The Kier molecular flexibility index (Phi) is 4.39. The molecule has 1 aliphatic heterocycles. The first-order chi connectivity index (χ1) is 13.7.